The van der Waals surface area contributed by atoms with Gasteiger partial charge in [-0.1, -0.05) is 63.1 Å². The van der Waals surface area contributed by atoms with Crippen molar-refractivity contribution in [2.75, 3.05) is 16.1 Å². The maximum Gasteiger partial charge on any atom is 0.151 e. The predicted octanol–water partition coefficient (Wildman–Crippen LogP) is 9.75. The van der Waals surface area contributed by atoms with Crippen molar-refractivity contribution in [1.29, 1.82) is 0 Å². The third kappa shape index (κ3) is 10.3. The smallest absolute Gasteiger partial charge is 0.151 e. The first-order chi connectivity index (χ1) is 18.6. The second-order valence-electron chi connectivity index (χ2n) is 10.3. The van der Waals surface area contributed by atoms with Gasteiger partial charge in [-0.3, -0.25) is 10.3 Å². The molecule has 0 radical (unpaired) electrons. The van der Waals surface area contributed by atoms with E-state index in [-0.39, 0.29) is 12.2 Å². The van der Waals surface area contributed by atoms with Crippen molar-refractivity contribution in [2.45, 2.75) is 99.2 Å². The minimum atomic E-state index is 0.0191. The number of amidine groups is 1. The Morgan fingerprint density at radius 1 is 0.974 bits per heavy atom. The topological polar surface area (TPSA) is 66.9 Å². The second-order valence-corrected chi connectivity index (χ2v) is 10.7. The van der Waals surface area contributed by atoms with E-state index in [0.717, 1.165) is 48.5 Å². The van der Waals surface area contributed by atoms with Crippen LogP contribution < -0.4 is 20.9 Å². The molecule has 0 spiro atoms. The molecule has 0 aromatic heterocycles. The van der Waals surface area contributed by atoms with Crippen molar-refractivity contribution in [3.8, 4) is 5.75 Å². The highest BCUT2D eigenvalue weighted by atomic mass is 35.5. The minimum absolute atomic E-state index is 0.0191. The lowest BCUT2D eigenvalue weighted by Crippen LogP contribution is -2.17. The van der Waals surface area contributed by atoms with E-state index < -0.39 is 0 Å². The first kappa shape index (κ1) is 32.3. The van der Waals surface area contributed by atoms with E-state index in [1.807, 2.05) is 58.9 Å². The van der Waals surface area contributed by atoms with E-state index in [1.54, 1.807) is 6.08 Å². The maximum absolute atomic E-state index is 6.57. The fourth-order valence-corrected chi connectivity index (χ4v) is 4.42. The Bertz CT molecular complexity index is 1130. The van der Waals surface area contributed by atoms with Gasteiger partial charge in [-0.25, -0.2) is 4.99 Å². The van der Waals surface area contributed by atoms with E-state index in [0.29, 0.717) is 22.6 Å². The number of allylic oxidation sites excluding steroid dienone is 1. The molecule has 2 rings (SSSR count). The number of ether oxygens (including phenoxy) is 1. The highest BCUT2D eigenvalue weighted by Gasteiger charge is 2.18. The molecule has 0 fully saturated rings. The summed E-state index contributed by atoms with van der Waals surface area (Å²) < 4.78 is 6.25. The molecule has 7 heteroatoms. The van der Waals surface area contributed by atoms with Crippen molar-refractivity contribution < 1.29 is 9.57 Å². The van der Waals surface area contributed by atoms with Gasteiger partial charge in [0.15, 0.2) is 5.84 Å². The van der Waals surface area contributed by atoms with Crippen LogP contribution in [0.4, 0.5) is 17.1 Å². The minimum Gasteiger partial charge on any atom is -0.489 e. The summed E-state index contributed by atoms with van der Waals surface area (Å²) in [5, 5.41) is 7.15. The van der Waals surface area contributed by atoms with Crippen LogP contribution in [0.3, 0.4) is 0 Å². The first-order valence-electron chi connectivity index (χ1n) is 14.0. The van der Waals surface area contributed by atoms with Crippen LogP contribution in [0.15, 0.2) is 64.9 Å². The van der Waals surface area contributed by atoms with Crippen molar-refractivity contribution >= 4 is 34.5 Å². The van der Waals surface area contributed by atoms with Crippen molar-refractivity contribution in [3.63, 3.8) is 0 Å². The number of anilines is 3. The normalized spacial score (nSPS) is 12.3. The van der Waals surface area contributed by atoms with E-state index >= 15 is 0 Å². The second kappa shape index (κ2) is 16.2. The highest BCUT2D eigenvalue weighted by molar-refractivity contribution is 6.45. The molecule has 2 aromatic rings. The van der Waals surface area contributed by atoms with Crippen LogP contribution in [0.1, 0.15) is 91.2 Å². The first-order valence-corrected chi connectivity index (χ1v) is 14.4. The molecule has 0 aliphatic carbocycles. The van der Waals surface area contributed by atoms with E-state index in [1.165, 1.54) is 11.1 Å². The molecule has 39 heavy (non-hydrogen) atoms. The number of para-hydroxylation sites is 2. The molecule has 0 saturated carbocycles. The molecular formula is C32H47ClN4O2. The molecule has 0 bridgehead atoms. The van der Waals surface area contributed by atoms with Gasteiger partial charge in [0.2, 0.25) is 0 Å². The molecule has 0 unspecified atom stereocenters. The Kier molecular flexibility index (Phi) is 13.4. The molecule has 0 aliphatic rings. The number of nitrogens with one attached hydrogen (secondary N) is 3. The molecule has 3 N–H and O–H groups in total. The van der Waals surface area contributed by atoms with Crippen LogP contribution in [0.25, 0.3) is 0 Å². The van der Waals surface area contributed by atoms with Crippen molar-refractivity contribution in [3.05, 3.63) is 71.0 Å². The van der Waals surface area contributed by atoms with Gasteiger partial charge in [-0.2, -0.15) is 0 Å². The third-order valence-electron chi connectivity index (χ3n) is 6.04. The van der Waals surface area contributed by atoms with Crippen LogP contribution in [0.2, 0.25) is 0 Å². The van der Waals surface area contributed by atoms with Gasteiger partial charge in [0.05, 0.1) is 34.3 Å². The summed E-state index contributed by atoms with van der Waals surface area (Å²) in [4.78, 5) is 10.3. The summed E-state index contributed by atoms with van der Waals surface area (Å²) in [6.45, 7) is 20.7. The average Bonchev–Trinajstić information content (AvgIpc) is 2.88. The summed E-state index contributed by atoms with van der Waals surface area (Å²) in [5.74, 6) is 2.20. The number of aryl methyl sites for hydroxylation is 1. The number of hydrogen-bond acceptors (Lipinski definition) is 5. The molecule has 0 heterocycles. The lowest BCUT2D eigenvalue weighted by molar-refractivity contribution is 0.130. The number of hydrogen-bond donors (Lipinski definition) is 3. The van der Waals surface area contributed by atoms with Gasteiger partial charge in [-0.05, 0) is 95.7 Å². The Balaban J connectivity index is 2.40. The van der Waals surface area contributed by atoms with E-state index in [4.69, 9.17) is 26.2 Å². The van der Waals surface area contributed by atoms with Gasteiger partial charge < -0.3 is 15.4 Å². The molecule has 6 nitrogen and oxygen atoms in total. The quantitative estimate of drug-likeness (QED) is 0.116. The third-order valence-corrected chi connectivity index (χ3v) is 6.43. The lowest BCUT2D eigenvalue weighted by Gasteiger charge is -2.23. The number of aliphatic imine (C=N–C) groups is 1. The Hall–Kier alpha value is -2.96. The monoisotopic (exact) mass is 554 g/mol. The molecule has 2 aromatic carbocycles. The van der Waals surface area contributed by atoms with Gasteiger partial charge in [-0.15, -0.1) is 0 Å². The molecule has 0 aliphatic heterocycles. The number of benzene rings is 2. The standard InChI is InChI=1S/C32H47ClN4O2/c1-10-15-25(16-11-2)26-20-31(38-21(4)5)30(19-23(26)8)34-24(9)35-32(27(33)12-3)36-28-17-13-14-18-29(28)37-39-22(6)7/h12-14,17-22,25,34,37H,9-11,15-16H2,1-8H3,(H,35,36)/b27-12+. The summed E-state index contributed by atoms with van der Waals surface area (Å²) in [5.41, 5.74) is 7.94. The molecule has 214 valence electrons. The Morgan fingerprint density at radius 3 is 2.18 bits per heavy atom. The molecule has 0 saturated heterocycles. The van der Waals surface area contributed by atoms with Crippen molar-refractivity contribution in [1.82, 2.24) is 0 Å². The number of nitrogens with zero attached hydrogens (tertiary/aromatic N) is 1. The van der Waals surface area contributed by atoms with Crippen molar-refractivity contribution in [2.24, 2.45) is 4.99 Å². The molecule has 0 amide bonds. The Morgan fingerprint density at radius 2 is 1.62 bits per heavy atom. The zero-order chi connectivity index (χ0) is 28.9. The fourth-order valence-electron chi connectivity index (χ4n) is 4.33. The van der Waals surface area contributed by atoms with Gasteiger partial charge in [0, 0.05) is 0 Å². The summed E-state index contributed by atoms with van der Waals surface area (Å²) in [6, 6.07) is 12.0. The summed E-state index contributed by atoms with van der Waals surface area (Å²) in [7, 11) is 0. The number of rotatable bonds is 15. The Labute approximate surface area is 240 Å². The largest absolute Gasteiger partial charge is 0.489 e. The van der Waals surface area contributed by atoms with Crippen LogP contribution in [-0.4, -0.2) is 18.0 Å². The predicted molar refractivity (Wildman–Crippen MR) is 169 cm³/mol. The summed E-state index contributed by atoms with van der Waals surface area (Å²) in [6.07, 6.45) is 6.46. The highest BCUT2D eigenvalue weighted by Crippen LogP contribution is 2.37. The zero-order valence-corrected chi connectivity index (χ0v) is 25.7. The van der Waals surface area contributed by atoms with Gasteiger partial charge >= 0.3 is 0 Å². The lowest BCUT2D eigenvalue weighted by atomic mass is 9.87. The van der Waals surface area contributed by atoms with Gasteiger partial charge in [0.25, 0.3) is 0 Å². The zero-order valence-electron chi connectivity index (χ0n) is 25.0. The average molecular weight is 555 g/mol. The fraction of sp³-hybridized carbons (Fsp3) is 0.469. The number of halogens is 1. The van der Waals surface area contributed by atoms with Crippen LogP contribution >= 0.6 is 11.6 Å². The SMILES string of the molecule is C=C(/N=C(Nc1ccccc1NOC(C)C)\C(Cl)=C/C)Nc1cc(C)c(C(CCC)CCC)cc1OC(C)C. The summed E-state index contributed by atoms with van der Waals surface area (Å²) >= 11 is 6.57. The van der Waals surface area contributed by atoms with Gasteiger partial charge in [0.1, 0.15) is 11.6 Å². The molecular weight excluding hydrogens is 508 g/mol. The molecule has 0 atom stereocenters. The van der Waals surface area contributed by atoms with E-state index in [9.17, 15) is 0 Å². The maximum atomic E-state index is 6.57. The van der Waals surface area contributed by atoms with E-state index in [2.05, 4.69) is 55.6 Å². The van der Waals surface area contributed by atoms with Crippen LogP contribution in [0.5, 0.6) is 5.75 Å². The van der Waals surface area contributed by atoms with Crippen LogP contribution in [-0.2, 0) is 4.84 Å². The van der Waals surface area contributed by atoms with Crippen LogP contribution in [0, 0.1) is 6.92 Å².